The highest BCUT2D eigenvalue weighted by molar-refractivity contribution is 8.00. The fraction of sp³-hybridized carbons (Fsp3) is 0.412. The monoisotopic (exact) mass is 389 g/mol. The number of hydrogen-bond acceptors (Lipinski definition) is 8. The maximum atomic E-state index is 12.9. The van der Waals surface area contributed by atoms with Gasteiger partial charge in [-0.1, -0.05) is 23.1 Å². The molecule has 26 heavy (non-hydrogen) atoms. The number of aromatic nitrogens is 4. The Labute approximate surface area is 159 Å². The summed E-state index contributed by atoms with van der Waals surface area (Å²) in [4.78, 5) is 24.5. The molecule has 0 bridgehead atoms. The first kappa shape index (κ1) is 17.6. The minimum Gasteiger partial charge on any atom is -0.383 e. The van der Waals surface area contributed by atoms with E-state index in [9.17, 15) is 4.79 Å². The lowest BCUT2D eigenvalue weighted by Gasteiger charge is -2.26. The van der Waals surface area contributed by atoms with Gasteiger partial charge in [-0.15, -0.1) is 5.10 Å². The van der Waals surface area contributed by atoms with E-state index >= 15 is 0 Å². The lowest BCUT2D eigenvalue weighted by atomic mass is 10.1. The zero-order chi connectivity index (χ0) is 17.9. The van der Waals surface area contributed by atoms with Crippen molar-refractivity contribution in [3.05, 3.63) is 51.7 Å². The molecule has 0 amide bonds. The third-order valence-corrected chi connectivity index (χ3v) is 6.45. The minimum absolute atomic E-state index is 0.0425. The van der Waals surface area contributed by atoms with Crippen molar-refractivity contribution < 1.29 is 4.74 Å². The van der Waals surface area contributed by atoms with Crippen molar-refractivity contribution in [3.63, 3.8) is 0 Å². The summed E-state index contributed by atoms with van der Waals surface area (Å²) in [5, 5.41) is 4.49. The highest BCUT2D eigenvalue weighted by atomic mass is 32.2. The number of rotatable bonds is 6. The smallest absolute Gasteiger partial charge is 0.279 e. The molecule has 0 atom stereocenters. The van der Waals surface area contributed by atoms with Gasteiger partial charge in [-0.25, -0.2) is 4.98 Å². The maximum Gasteiger partial charge on any atom is 0.279 e. The van der Waals surface area contributed by atoms with Gasteiger partial charge in [-0.2, -0.15) is 4.52 Å². The standard InChI is InChI=1S/C17H19N5O2S2/c1-24-9-8-21-7-4-14-13(10-21)15(23)22-16(19-14)26-17(20-22)25-11-12-2-5-18-6-3-12/h2-3,5-6H,4,7-11H2,1H3. The predicted octanol–water partition coefficient (Wildman–Crippen LogP) is 1.84. The molecule has 7 nitrogen and oxygen atoms in total. The molecule has 1 aliphatic heterocycles. The lowest BCUT2D eigenvalue weighted by molar-refractivity contribution is 0.140. The van der Waals surface area contributed by atoms with Gasteiger partial charge in [-0.05, 0) is 17.7 Å². The van der Waals surface area contributed by atoms with Crippen LogP contribution in [0.15, 0.2) is 33.7 Å². The first-order valence-corrected chi connectivity index (χ1v) is 10.2. The summed E-state index contributed by atoms with van der Waals surface area (Å²) < 4.78 is 7.45. The van der Waals surface area contributed by atoms with E-state index in [2.05, 4.69) is 15.0 Å². The van der Waals surface area contributed by atoms with Crippen molar-refractivity contribution in [2.45, 2.75) is 23.1 Å². The Hall–Kier alpha value is -1.81. The van der Waals surface area contributed by atoms with Crippen LogP contribution in [0.3, 0.4) is 0 Å². The van der Waals surface area contributed by atoms with Crippen LogP contribution >= 0.6 is 23.1 Å². The Morgan fingerprint density at radius 3 is 3.00 bits per heavy atom. The van der Waals surface area contributed by atoms with E-state index in [0.29, 0.717) is 18.1 Å². The number of nitrogens with zero attached hydrogens (tertiary/aromatic N) is 5. The van der Waals surface area contributed by atoms with Crippen LogP contribution in [-0.2, 0) is 23.5 Å². The largest absolute Gasteiger partial charge is 0.383 e. The first-order valence-electron chi connectivity index (χ1n) is 8.39. The topological polar surface area (TPSA) is 72.6 Å². The van der Waals surface area contributed by atoms with Crippen LogP contribution in [0.4, 0.5) is 0 Å². The van der Waals surface area contributed by atoms with Gasteiger partial charge in [0, 0.05) is 51.3 Å². The van der Waals surface area contributed by atoms with Crippen LogP contribution in [0.1, 0.15) is 16.8 Å². The molecule has 0 fully saturated rings. The molecule has 0 radical (unpaired) electrons. The molecular formula is C17H19N5O2S2. The summed E-state index contributed by atoms with van der Waals surface area (Å²) in [6.45, 7) is 3.01. The second-order valence-electron chi connectivity index (χ2n) is 6.07. The Morgan fingerprint density at radius 1 is 1.35 bits per heavy atom. The number of methoxy groups -OCH3 is 1. The van der Waals surface area contributed by atoms with Gasteiger partial charge in [0.05, 0.1) is 17.9 Å². The molecule has 3 aromatic heterocycles. The molecule has 136 valence electrons. The fourth-order valence-corrected chi connectivity index (χ4v) is 4.83. The van der Waals surface area contributed by atoms with Crippen LogP contribution in [0.25, 0.3) is 4.96 Å². The number of fused-ring (bicyclic) bond motifs is 2. The van der Waals surface area contributed by atoms with E-state index < -0.39 is 0 Å². The normalized spacial score (nSPS) is 14.7. The van der Waals surface area contributed by atoms with Crippen LogP contribution in [0, 0.1) is 0 Å². The summed E-state index contributed by atoms with van der Waals surface area (Å²) in [6.07, 6.45) is 4.36. The Balaban J connectivity index is 1.57. The second-order valence-corrected chi connectivity index (χ2v) is 8.25. The average Bonchev–Trinajstić information content (AvgIpc) is 3.09. The highest BCUT2D eigenvalue weighted by Crippen LogP contribution is 2.27. The minimum atomic E-state index is -0.0425. The molecule has 9 heteroatoms. The lowest BCUT2D eigenvalue weighted by Crippen LogP contribution is -2.38. The van der Waals surface area contributed by atoms with E-state index in [1.165, 1.54) is 21.4 Å². The maximum absolute atomic E-state index is 12.9. The molecule has 4 rings (SSSR count). The number of thioether (sulfide) groups is 1. The molecule has 0 saturated carbocycles. The Morgan fingerprint density at radius 2 is 2.19 bits per heavy atom. The molecule has 4 heterocycles. The zero-order valence-corrected chi connectivity index (χ0v) is 16.1. The van der Waals surface area contributed by atoms with Crippen molar-refractivity contribution >= 4 is 28.1 Å². The Kier molecular flexibility index (Phi) is 5.30. The second kappa shape index (κ2) is 7.83. The van der Waals surface area contributed by atoms with Gasteiger partial charge in [0.25, 0.3) is 5.56 Å². The quantitative estimate of drug-likeness (QED) is 0.596. The van der Waals surface area contributed by atoms with Crippen molar-refractivity contribution in [3.8, 4) is 0 Å². The van der Waals surface area contributed by atoms with Crippen LogP contribution in [0.2, 0.25) is 0 Å². The van der Waals surface area contributed by atoms with Crippen LogP contribution < -0.4 is 5.56 Å². The van der Waals surface area contributed by atoms with Gasteiger partial charge in [0.15, 0.2) is 4.34 Å². The molecule has 0 N–H and O–H groups in total. The van der Waals surface area contributed by atoms with Gasteiger partial charge in [0.2, 0.25) is 4.96 Å². The summed E-state index contributed by atoms with van der Waals surface area (Å²) >= 11 is 3.09. The number of hydrogen-bond donors (Lipinski definition) is 0. The zero-order valence-electron chi connectivity index (χ0n) is 14.4. The Bertz CT molecular complexity index is 957. The van der Waals surface area contributed by atoms with Crippen LogP contribution in [-0.4, -0.2) is 51.3 Å². The summed E-state index contributed by atoms with van der Waals surface area (Å²) in [6, 6.07) is 3.97. The van der Waals surface area contributed by atoms with Crippen molar-refractivity contribution in [2.75, 3.05) is 26.8 Å². The van der Waals surface area contributed by atoms with Gasteiger partial charge < -0.3 is 4.74 Å². The molecule has 0 unspecified atom stereocenters. The third-order valence-electron chi connectivity index (χ3n) is 4.34. The summed E-state index contributed by atoms with van der Waals surface area (Å²) in [7, 11) is 1.69. The van der Waals surface area contributed by atoms with Gasteiger partial charge in [-0.3, -0.25) is 14.7 Å². The third kappa shape index (κ3) is 3.66. The molecule has 0 aliphatic carbocycles. The van der Waals surface area contributed by atoms with E-state index in [0.717, 1.165) is 40.9 Å². The molecule has 3 aromatic rings. The molecule has 0 spiro atoms. The van der Waals surface area contributed by atoms with Crippen molar-refractivity contribution in [2.24, 2.45) is 0 Å². The fourth-order valence-electron chi connectivity index (χ4n) is 2.93. The van der Waals surface area contributed by atoms with E-state index in [1.807, 2.05) is 12.1 Å². The van der Waals surface area contributed by atoms with Crippen molar-refractivity contribution in [1.82, 2.24) is 24.5 Å². The number of ether oxygens (including phenoxy) is 1. The first-order chi connectivity index (χ1) is 12.7. The van der Waals surface area contributed by atoms with Gasteiger partial charge >= 0.3 is 0 Å². The SMILES string of the molecule is COCCN1CCc2nc3sc(SCc4ccncc4)nn3c(=O)c2C1. The molecule has 0 aromatic carbocycles. The highest BCUT2D eigenvalue weighted by Gasteiger charge is 2.23. The van der Waals surface area contributed by atoms with E-state index in [-0.39, 0.29) is 5.56 Å². The average molecular weight is 390 g/mol. The summed E-state index contributed by atoms with van der Waals surface area (Å²) in [5.41, 5.74) is 2.82. The van der Waals surface area contributed by atoms with E-state index in [4.69, 9.17) is 9.72 Å². The molecule has 0 saturated heterocycles. The number of pyridine rings is 1. The predicted molar refractivity (Wildman–Crippen MR) is 102 cm³/mol. The van der Waals surface area contributed by atoms with E-state index in [1.54, 1.807) is 31.3 Å². The molecular weight excluding hydrogens is 370 g/mol. The summed E-state index contributed by atoms with van der Waals surface area (Å²) in [5.74, 6) is 0.793. The molecule has 1 aliphatic rings. The van der Waals surface area contributed by atoms with Crippen LogP contribution in [0.5, 0.6) is 0 Å². The van der Waals surface area contributed by atoms with Gasteiger partial charge in [0.1, 0.15) is 0 Å². The van der Waals surface area contributed by atoms with Crippen molar-refractivity contribution in [1.29, 1.82) is 0 Å².